The smallest absolute Gasteiger partial charge is 0.0443 e. The lowest BCUT2D eigenvalue weighted by Crippen LogP contribution is -2.50. The van der Waals surface area contributed by atoms with Crippen LogP contribution in [0.5, 0.6) is 0 Å². The van der Waals surface area contributed by atoms with Crippen LogP contribution in [0.15, 0.2) is 12.2 Å². The van der Waals surface area contributed by atoms with Crippen LogP contribution >= 0.6 is 11.6 Å². The average Bonchev–Trinajstić information content (AvgIpc) is 2.11. The van der Waals surface area contributed by atoms with Crippen LogP contribution in [0.4, 0.5) is 0 Å². The van der Waals surface area contributed by atoms with Crippen molar-refractivity contribution in [1.29, 1.82) is 0 Å². The van der Waals surface area contributed by atoms with Gasteiger partial charge in [-0.25, -0.2) is 0 Å². The van der Waals surface area contributed by atoms with Crippen LogP contribution in [0.3, 0.4) is 0 Å². The van der Waals surface area contributed by atoms with E-state index in [1.54, 1.807) is 0 Å². The first kappa shape index (κ1) is 11.0. The monoisotopic (exact) mass is 202 g/mol. The maximum atomic E-state index is 5.70. The SMILES string of the molecule is C=C(CCl)CN1CCN(C)C(C)C1. The third-order valence-corrected chi connectivity index (χ3v) is 3.06. The molecule has 2 nitrogen and oxygen atoms in total. The Balaban J connectivity index is 2.33. The Labute approximate surface area is 86.2 Å². The molecule has 0 bridgehead atoms. The van der Waals surface area contributed by atoms with E-state index in [1.807, 2.05) is 0 Å². The lowest BCUT2D eigenvalue weighted by atomic mass is 10.2. The lowest BCUT2D eigenvalue weighted by molar-refractivity contribution is 0.113. The molecule has 1 aliphatic heterocycles. The van der Waals surface area contributed by atoms with Gasteiger partial charge in [0, 0.05) is 38.1 Å². The van der Waals surface area contributed by atoms with Crippen LogP contribution in [0, 0.1) is 0 Å². The number of halogens is 1. The predicted octanol–water partition coefficient (Wildman–Crippen LogP) is 1.42. The summed E-state index contributed by atoms with van der Waals surface area (Å²) in [4.78, 5) is 4.81. The molecular weight excluding hydrogens is 184 g/mol. The van der Waals surface area contributed by atoms with Crippen LogP contribution in [0.25, 0.3) is 0 Å². The molecule has 0 aromatic carbocycles. The normalized spacial score (nSPS) is 26.2. The van der Waals surface area contributed by atoms with Crippen LogP contribution < -0.4 is 0 Å². The Morgan fingerprint density at radius 3 is 2.77 bits per heavy atom. The quantitative estimate of drug-likeness (QED) is 0.505. The zero-order valence-electron chi connectivity index (χ0n) is 8.59. The first-order valence-corrected chi connectivity index (χ1v) is 5.32. The number of nitrogens with zero attached hydrogens (tertiary/aromatic N) is 2. The van der Waals surface area contributed by atoms with Crippen molar-refractivity contribution >= 4 is 11.6 Å². The summed E-state index contributed by atoms with van der Waals surface area (Å²) in [6.07, 6.45) is 0. The predicted molar refractivity (Wildman–Crippen MR) is 58.4 cm³/mol. The number of piperazine rings is 1. The minimum absolute atomic E-state index is 0.584. The van der Waals surface area contributed by atoms with Crippen molar-refractivity contribution in [2.24, 2.45) is 0 Å². The van der Waals surface area contributed by atoms with Crippen molar-refractivity contribution in [1.82, 2.24) is 9.80 Å². The molecule has 13 heavy (non-hydrogen) atoms. The highest BCUT2D eigenvalue weighted by molar-refractivity contribution is 6.19. The summed E-state index contributed by atoms with van der Waals surface area (Å²) in [5.41, 5.74) is 1.12. The van der Waals surface area contributed by atoms with E-state index in [0.717, 1.165) is 31.8 Å². The molecule has 1 aliphatic rings. The molecule has 76 valence electrons. The van der Waals surface area contributed by atoms with Crippen molar-refractivity contribution in [3.8, 4) is 0 Å². The van der Waals surface area contributed by atoms with Crippen molar-refractivity contribution in [2.45, 2.75) is 13.0 Å². The van der Waals surface area contributed by atoms with E-state index in [-0.39, 0.29) is 0 Å². The molecule has 0 N–H and O–H groups in total. The Bertz CT molecular complexity index is 182. The minimum atomic E-state index is 0.584. The largest absolute Gasteiger partial charge is 0.301 e. The Morgan fingerprint density at radius 2 is 2.23 bits per heavy atom. The van der Waals surface area contributed by atoms with Gasteiger partial charge in [0.1, 0.15) is 0 Å². The highest BCUT2D eigenvalue weighted by Crippen LogP contribution is 2.08. The summed E-state index contributed by atoms with van der Waals surface area (Å²) in [7, 11) is 2.18. The number of hydrogen-bond acceptors (Lipinski definition) is 2. The van der Waals surface area contributed by atoms with Gasteiger partial charge >= 0.3 is 0 Å². The van der Waals surface area contributed by atoms with Gasteiger partial charge in [-0.3, -0.25) is 4.90 Å². The van der Waals surface area contributed by atoms with E-state index < -0.39 is 0 Å². The van der Waals surface area contributed by atoms with Gasteiger partial charge in [0.25, 0.3) is 0 Å². The maximum absolute atomic E-state index is 5.70. The summed E-state index contributed by atoms with van der Waals surface area (Å²) >= 11 is 5.70. The van der Waals surface area contributed by atoms with Gasteiger partial charge < -0.3 is 4.90 Å². The molecular formula is C10H19ClN2. The number of likely N-dealkylation sites (N-methyl/N-ethyl adjacent to an activating group) is 1. The molecule has 0 aromatic heterocycles. The summed E-state index contributed by atoms with van der Waals surface area (Å²) in [6.45, 7) is 10.6. The van der Waals surface area contributed by atoms with E-state index in [0.29, 0.717) is 11.9 Å². The van der Waals surface area contributed by atoms with E-state index >= 15 is 0 Å². The summed E-state index contributed by atoms with van der Waals surface area (Å²) < 4.78 is 0. The number of hydrogen-bond donors (Lipinski definition) is 0. The standard InChI is InChI=1S/C10H19ClN2/c1-9(6-11)7-13-5-4-12(3)10(2)8-13/h10H,1,4-8H2,2-3H3. The highest BCUT2D eigenvalue weighted by atomic mass is 35.5. The van der Waals surface area contributed by atoms with Crippen LogP contribution in [0.2, 0.25) is 0 Å². The van der Waals surface area contributed by atoms with Crippen molar-refractivity contribution < 1.29 is 0 Å². The second kappa shape index (κ2) is 4.99. The van der Waals surface area contributed by atoms with Crippen molar-refractivity contribution in [3.05, 3.63) is 12.2 Å². The Hall–Kier alpha value is -0.0500. The molecule has 0 spiro atoms. The van der Waals surface area contributed by atoms with Gasteiger partial charge in [-0.05, 0) is 19.5 Å². The molecule has 1 heterocycles. The Kier molecular flexibility index (Phi) is 4.23. The molecule has 0 aromatic rings. The first-order chi connectivity index (χ1) is 6.13. The van der Waals surface area contributed by atoms with Gasteiger partial charge in [0.2, 0.25) is 0 Å². The Morgan fingerprint density at radius 1 is 1.54 bits per heavy atom. The van der Waals surface area contributed by atoms with E-state index in [9.17, 15) is 0 Å². The molecule has 3 heteroatoms. The number of alkyl halides is 1. The molecule has 0 amide bonds. The van der Waals surface area contributed by atoms with E-state index in [1.165, 1.54) is 0 Å². The van der Waals surface area contributed by atoms with E-state index in [2.05, 4.69) is 30.4 Å². The molecule has 0 aliphatic carbocycles. The van der Waals surface area contributed by atoms with Crippen LogP contribution in [0.1, 0.15) is 6.92 Å². The summed E-state index contributed by atoms with van der Waals surface area (Å²) in [6, 6.07) is 0.650. The highest BCUT2D eigenvalue weighted by Gasteiger charge is 2.20. The molecule has 0 saturated carbocycles. The topological polar surface area (TPSA) is 6.48 Å². The molecule has 1 unspecified atom stereocenters. The minimum Gasteiger partial charge on any atom is -0.301 e. The van der Waals surface area contributed by atoms with Gasteiger partial charge in [0.05, 0.1) is 0 Å². The van der Waals surface area contributed by atoms with Crippen molar-refractivity contribution in [3.63, 3.8) is 0 Å². The van der Waals surface area contributed by atoms with Gasteiger partial charge in [-0.1, -0.05) is 6.58 Å². The maximum Gasteiger partial charge on any atom is 0.0443 e. The number of rotatable bonds is 3. The average molecular weight is 203 g/mol. The fraction of sp³-hybridized carbons (Fsp3) is 0.800. The second-order valence-electron chi connectivity index (χ2n) is 3.95. The molecule has 1 rings (SSSR count). The van der Waals surface area contributed by atoms with Gasteiger partial charge in [-0.2, -0.15) is 0 Å². The summed E-state index contributed by atoms with van der Waals surface area (Å²) in [5, 5.41) is 0. The summed E-state index contributed by atoms with van der Waals surface area (Å²) in [5.74, 6) is 0.584. The lowest BCUT2D eigenvalue weighted by Gasteiger charge is -2.37. The first-order valence-electron chi connectivity index (χ1n) is 4.78. The zero-order valence-corrected chi connectivity index (χ0v) is 9.35. The fourth-order valence-electron chi connectivity index (χ4n) is 1.63. The van der Waals surface area contributed by atoms with Crippen LogP contribution in [-0.2, 0) is 0 Å². The third-order valence-electron chi connectivity index (χ3n) is 2.68. The van der Waals surface area contributed by atoms with Crippen LogP contribution in [-0.4, -0.2) is 54.9 Å². The van der Waals surface area contributed by atoms with Crippen molar-refractivity contribution in [2.75, 3.05) is 39.1 Å². The zero-order chi connectivity index (χ0) is 9.84. The molecule has 1 atom stereocenters. The fourth-order valence-corrected chi connectivity index (χ4v) is 1.71. The molecule has 0 radical (unpaired) electrons. The van der Waals surface area contributed by atoms with E-state index in [4.69, 9.17) is 11.6 Å². The third kappa shape index (κ3) is 3.29. The molecule has 1 fully saturated rings. The van der Waals surface area contributed by atoms with Gasteiger partial charge in [0.15, 0.2) is 0 Å². The second-order valence-corrected chi connectivity index (χ2v) is 4.22. The van der Waals surface area contributed by atoms with Gasteiger partial charge in [-0.15, -0.1) is 11.6 Å². The molecule has 1 saturated heterocycles.